The van der Waals surface area contributed by atoms with Gasteiger partial charge in [-0.2, -0.15) is 0 Å². The number of hydrogen-bond acceptors (Lipinski definition) is 8. The van der Waals surface area contributed by atoms with Crippen LogP contribution in [-0.2, 0) is 18.5 Å². The highest BCUT2D eigenvalue weighted by molar-refractivity contribution is 6.30. The molecule has 4 rings (SSSR count). The lowest BCUT2D eigenvalue weighted by molar-refractivity contribution is 0.111. The number of tetrazole rings is 1. The quantitative estimate of drug-likeness (QED) is 0.355. The molecule has 0 aliphatic rings. The summed E-state index contributed by atoms with van der Waals surface area (Å²) in [5.41, 5.74) is 3.05. The van der Waals surface area contributed by atoms with Gasteiger partial charge in [0.25, 0.3) is 5.89 Å². The highest BCUT2D eigenvalue weighted by Gasteiger charge is 2.16. The van der Waals surface area contributed by atoms with Gasteiger partial charge in [0, 0.05) is 23.2 Å². The Morgan fingerprint density at radius 2 is 1.97 bits per heavy atom. The number of hydrogen-bond donors (Lipinski definition) is 0. The van der Waals surface area contributed by atoms with Crippen molar-refractivity contribution in [3.05, 3.63) is 76.4 Å². The summed E-state index contributed by atoms with van der Waals surface area (Å²) in [5, 5.41) is 24.5. The Morgan fingerprint density at radius 3 is 2.69 bits per heavy atom. The summed E-state index contributed by atoms with van der Waals surface area (Å²) in [4.78, 5) is 5.48. The van der Waals surface area contributed by atoms with E-state index in [0.29, 0.717) is 28.3 Å². The maximum Gasteiger partial charge on any atom is 0.257 e. The van der Waals surface area contributed by atoms with E-state index in [9.17, 15) is 0 Å². The molecule has 29 heavy (non-hydrogen) atoms. The minimum Gasteiger partial charge on any atom is -0.417 e. The number of oxime groups is 1. The van der Waals surface area contributed by atoms with E-state index in [2.05, 4.69) is 30.9 Å². The second kappa shape index (κ2) is 8.19. The first-order valence-electron chi connectivity index (χ1n) is 8.69. The SMILES string of the molecule is Cc1cc(Cl)ccc1-c1nnc(CO/N=C(/c2ccccc2)c2nnnn2C)o1. The summed E-state index contributed by atoms with van der Waals surface area (Å²) in [5.74, 6) is 1.16. The van der Waals surface area contributed by atoms with E-state index < -0.39 is 0 Å². The van der Waals surface area contributed by atoms with Crippen LogP contribution in [0.3, 0.4) is 0 Å². The Morgan fingerprint density at radius 1 is 1.14 bits per heavy atom. The molecule has 0 fully saturated rings. The van der Waals surface area contributed by atoms with E-state index in [1.165, 1.54) is 4.68 Å². The van der Waals surface area contributed by atoms with Crippen LogP contribution in [0.2, 0.25) is 5.02 Å². The Labute approximate surface area is 171 Å². The van der Waals surface area contributed by atoms with Gasteiger partial charge < -0.3 is 9.25 Å². The van der Waals surface area contributed by atoms with Crippen LogP contribution in [0.15, 0.2) is 58.1 Å². The summed E-state index contributed by atoms with van der Waals surface area (Å²) < 4.78 is 7.20. The number of benzene rings is 2. The van der Waals surface area contributed by atoms with Crippen molar-refractivity contribution in [3.8, 4) is 11.5 Å². The van der Waals surface area contributed by atoms with Crippen molar-refractivity contribution in [3.63, 3.8) is 0 Å². The van der Waals surface area contributed by atoms with Gasteiger partial charge in [-0.3, -0.25) is 0 Å². The van der Waals surface area contributed by atoms with E-state index in [1.54, 1.807) is 13.1 Å². The van der Waals surface area contributed by atoms with Crippen LogP contribution < -0.4 is 0 Å². The van der Waals surface area contributed by atoms with Crippen molar-refractivity contribution < 1.29 is 9.25 Å². The summed E-state index contributed by atoms with van der Waals surface area (Å²) >= 11 is 5.99. The maximum atomic E-state index is 5.99. The lowest BCUT2D eigenvalue weighted by Gasteiger charge is -2.04. The molecule has 10 heteroatoms. The molecular formula is C19H16ClN7O2. The molecule has 0 spiro atoms. The smallest absolute Gasteiger partial charge is 0.257 e. The van der Waals surface area contributed by atoms with Crippen molar-refractivity contribution in [2.45, 2.75) is 13.5 Å². The van der Waals surface area contributed by atoms with E-state index >= 15 is 0 Å². The van der Waals surface area contributed by atoms with Crippen LogP contribution in [0.1, 0.15) is 22.8 Å². The minimum absolute atomic E-state index is 0.00124. The monoisotopic (exact) mass is 409 g/mol. The zero-order valence-electron chi connectivity index (χ0n) is 15.7. The molecule has 146 valence electrons. The van der Waals surface area contributed by atoms with Crippen LogP contribution >= 0.6 is 11.6 Å². The fourth-order valence-electron chi connectivity index (χ4n) is 2.69. The average molecular weight is 410 g/mol. The lowest BCUT2D eigenvalue weighted by atomic mass is 10.1. The molecule has 0 radical (unpaired) electrons. The van der Waals surface area contributed by atoms with Gasteiger partial charge in [-0.1, -0.05) is 47.1 Å². The Bertz CT molecular complexity index is 1150. The highest BCUT2D eigenvalue weighted by atomic mass is 35.5. The normalized spacial score (nSPS) is 11.6. The van der Waals surface area contributed by atoms with E-state index in [1.807, 2.05) is 49.4 Å². The van der Waals surface area contributed by atoms with Crippen molar-refractivity contribution in [1.29, 1.82) is 0 Å². The topological polar surface area (TPSA) is 104 Å². The van der Waals surface area contributed by atoms with Crippen LogP contribution in [0.5, 0.6) is 0 Å². The third kappa shape index (κ3) is 4.14. The predicted molar refractivity (Wildman–Crippen MR) is 105 cm³/mol. The number of aryl methyl sites for hydroxylation is 2. The third-order valence-electron chi connectivity index (χ3n) is 4.11. The fraction of sp³-hybridized carbons (Fsp3) is 0.158. The van der Waals surface area contributed by atoms with Crippen molar-refractivity contribution in [1.82, 2.24) is 30.4 Å². The Kier molecular flexibility index (Phi) is 5.30. The molecule has 2 aromatic carbocycles. The van der Waals surface area contributed by atoms with Gasteiger partial charge in [-0.25, -0.2) is 4.68 Å². The first kappa shape index (κ1) is 18.8. The van der Waals surface area contributed by atoms with Crippen molar-refractivity contribution >= 4 is 17.3 Å². The van der Waals surface area contributed by atoms with E-state index in [-0.39, 0.29) is 6.61 Å². The number of halogens is 1. The molecule has 0 bridgehead atoms. The molecule has 0 unspecified atom stereocenters. The summed E-state index contributed by atoms with van der Waals surface area (Å²) in [6.45, 7) is 1.92. The first-order valence-corrected chi connectivity index (χ1v) is 9.06. The van der Waals surface area contributed by atoms with Gasteiger partial charge in [0.15, 0.2) is 12.3 Å². The molecular weight excluding hydrogens is 394 g/mol. The fourth-order valence-corrected chi connectivity index (χ4v) is 2.92. The largest absolute Gasteiger partial charge is 0.417 e. The van der Waals surface area contributed by atoms with Gasteiger partial charge >= 0.3 is 0 Å². The van der Waals surface area contributed by atoms with Crippen LogP contribution in [0.4, 0.5) is 0 Å². The molecule has 0 saturated heterocycles. The Balaban J connectivity index is 1.54. The molecule has 0 aliphatic heterocycles. The number of rotatable bonds is 6. The van der Waals surface area contributed by atoms with Crippen molar-refractivity contribution in [2.24, 2.45) is 12.2 Å². The zero-order chi connectivity index (χ0) is 20.2. The molecule has 9 nitrogen and oxygen atoms in total. The molecule has 0 atom stereocenters. The molecule has 0 aliphatic carbocycles. The lowest BCUT2D eigenvalue weighted by Crippen LogP contribution is -2.12. The zero-order valence-corrected chi connectivity index (χ0v) is 16.4. The summed E-state index contributed by atoms with van der Waals surface area (Å²) in [6, 6.07) is 14.9. The van der Waals surface area contributed by atoms with Gasteiger partial charge in [-0.15, -0.1) is 15.3 Å². The van der Waals surface area contributed by atoms with Gasteiger partial charge in [0.05, 0.1) is 0 Å². The highest BCUT2D eigenvalue weighted by Crippen LogP contribution is 2.25. The maximum absolute atomic E-state index is 5.99. The molecule has 0 saturated carbocycles. The third-order valence-corrected chi connectivity index (χ3v) is 4.34. The van der Waals surface area contributed by atoms with E-state index in [4.69, 9.17) is 20.9 Å². The second-order valence-electron chi connectivity index (χ2n) is 6.17. The van der Waals surface area contributed by atoms with E-state index in [0.717, 1.165) is 16.7 Å². The van der Waals surface area contributed by atoms with Gasteiger partial charge in [0.1, 0.15) is 0 Å². The van der Waals surface area contributed by atoms with Crippen LogP contribution in [0, 0.1) is 6.92 Å². The molecule has 2 heterocycles. The van der Waals surface area contributed by atoms with Crippen molar-refractivity contribution in [2.75, 3.05) is 0 Å². The van der Waals surface area contributed by atoms with Crippen LogP contribution in [-0.4, -0.2) is 36.1 Å². The number of aromatic nitrogens is 6. The summed E-state index contributed by atoms with van der Waals surface area (Å²) in [6.07, 6.45) is 0. The predicted octanol–water partition coefficient (Wildman–Crippen LogP) is 3.19. The van der Waals surface area contributed by atoms with Gasteiger partial charge in [0.2, 0.25) is 11.7 Å². The average Bonchev–Trinajstić information content (AvgIpc) is 3.35. The second-order valence-corrected chi connectivity index (χ2v) is 6.60. The molecule has 4 aromatic rings. The molecule has 0 N–H and O–H groups in total. The molecule has 2 aromatic heterocycles. The number of nitrogens with zero attached hydrogens (tertiary/aromatic N) is 7. The van der Waals surface area contributed by atoms with Crippen LogP contribution in [0.25, 0.3) is 11.5 Å². The van der Waals surface area contributed by atoms with Gasteiger partial charge in [-0.05, 0) is 41.1 Å². The Hall–Kier alpha value is -3.59. The standard InChI is InChI=1S/C19H16ClN7O2/c1-12-10-14(20)8-9-15(12)19-23-21-16(29-19)11-28-24-17(13-6-4-3-5-7-13)18-22-25-26-27(18)2/h3-10H,11H2,1-2H3/b24-17-. The summed E-state index contributed by atoms with van der Waals surface area (Å²) in [7, 11) is 1.73. The minimum atomic E-state index is 0.00124. The molecule has 0 amide bonds. The first-order chi connectivity index (χ1) is 14.1.